The van der Waals surface area contributed by atoms with Crippen LogP contribution in [0.2, 0.25) is 0 Å². The summed E-state index contributed by atoms with van der Waals surface area (Å²) in [6.07, 6.45) is -0.497. The highest BCUT2D eigenvalue weighted by Crippen LogP contribution is 2.07. The Morgan fingerprint density at radius 1 is 0.947 bits per heavy atom. The first-order chi connectivity index (χ1) is 8.65. The van der Waals surface area contributed by atoms with E-state index in [4.69, 9.17) is 15.3 Å². The van der Waals surface area contributed by atoms with Gasteiger partial charge in [0.05, 0.1) is 19.5 Å². The Kier molecular flexibility index (Phi) is 6.48. The number of carbonyl (C=O) groups excluding carboxylic acids is 1. The van der Waals surface area contributed by atoms with Crippen molar-refractivity contribution in [3.63, 3.8) is 0 Å². The lowest BCUT2D eigenvalue weighted by atomic mass is 10.1. The third kappa shape index (κ3) is 6.36. The average molecular weight is 276 g/mol. The molecule has 1 amide bonds. The first-order valence-electron chi connectivity index (χ1n) is 5.25. The Balaban J connectivity index is 5.04. The van der Waals surface area contributed by atoms with Crippen LogP contribution in [0.15, 0.2) is 0 Å². The van der Waals surface area contributed by atoms with Gasteiger partial charge in [0, 0.05) is 14.1 Å². The van der Waals surface area contributed by atoms with Crippen LogP contribution in [0, 0.1) is 0 Å². The van der Waals surface area contributed by atoms with Crippen molar-refractivity contribution in [1.29, 1.82) is 0 Å². The van der Waals surface area contributed by atoms with Crippen LogP contribution in [0.25, 0.3) is 0 Å². The van der Waals surface area contributed by atoms with Crippen molar-refractivity contribution in [2.75, 3.05) is 27.2 Å². The molecule has 1 atom stereocenters. The number of carboxylic acids is 3. The molecule has 0 unspecified atom stereocenters. The van der Waals surface area contributed by atoms with E-state index in [-0.39, 0.29) is 0 Å². The van der Waals surface area contributed by atoms with Crippen LogP contribution in [0.1, 0.15) is 6.42 Å². The van der Waals surface area contributed by atoms with Crippen LogP contribution in [0.4, 0.5) is 0 Å². The molecule has 0 rings (SSSR count). The molecule has 3 N–H and O–H groups in total. The van der Waals surface area contributed by atoms with Gasteiger partial charge in [-0.05, 0) is 0 Å². The Morgan fingerprint density at radius 2 is 1.37 bits per heavy atom. The van der Waals surface area contributed by atoms with Crippen molar-refractivity contribution in [2.45, 2.75) is 12.5 Å². The highest BCUT2D eigenvalue weighted by Gasteiger charge is 2.31. The summed E-state index contributed by atoms with van der Waals surface area (Å²) in [6.45, 7) is -1.55. The summed E-state index contributed by atoms with van der Waals surface area (Å²) in [4.78, 5) is 45.6. The van der Waals surface area contributed by atoms with E-state index >= 15 is 0 Å². The lowest BCUT2D eigenvalue weighted by Gasteiger charge is -2.26. The molecule has 0 aromatic heterocycles. The van der Waals surface area contributed by atoms with E-state index in [2.05, 4.69) is 0 Å². The molecule has 0 spiro atoms. The maximum Gasteiger partial charge on any atom is 0.321 e. The predicted octanol–water partition coefficient (Wildman–Crippen LogP) is -1.61. The SMILES string of the molecule is CN(C)C(=O)C[C@@H](C(=O)O)N(CC(=O)O)CC(=O)O. The smallest absolute Gasteiger partial charge is 0.321 e. The van der Waals surface area contributed by atoms with Crippen LogP contribution < -0.4 is 0 Å². The molecule has 0 bridgehead atoms. The molecule has 0 aliphatic rings. The van der Waals surface area contributed by atoms with Crippen molar-refractivity contribution < 1.29 is 34.5 Å². The van der Waals surface area contributed by atoms with Crippen molar-refractivity contribution >= 4 is 23.8 Å². The van der Waals surface area contributed by atoms with Gasteiger partial charge >= 0.3 is 17.9 Å². The van der Waals surface area contributed by atoms with E-state index in [1.54, 1.807) is 0 Å². The summed E-state index contributed by atoms with van der Waals surface area (Å²) in [7, 11) is 2.83. The monoisotopic (exact) mass is 276 g/mol. The second kappa shape index (κ2) is 7.31. The van der Waals surface area contributed by atoms with Gasteiger partial charge in [0.15, 0.2) is 0 Å². The second-order valence-electron chi connectivity index (χ2n) is 4.04. The lowest BCUT2D eigenvalue weighted by molar-refractivity contribution is -0.152. The number of hydrogen-bond acceptors (Lipinski definition) is 5. The Hall–Kier alpha value is -2.16. The standard InChI is InChI=1S/C10H16N2O7/c1-11(2)7(13)3-6(10(18)19)12(4-8(14)15)5-9(16)17/h6H,3-5H2,1-2H3,(H,14,15)(H,16,17)(H,18,19)/t6-/m0/s1. The molecule has 0 saturated heterocycles. The van der Waals surface area contributed by atoms with E-state index in [0.717, 1.165) is 4.90 Å². The van der Waals surface area contributed by atoms with Gasteiger partial charge in [-0.3, -0.25) is 24.1 Å². The molecule has 0 aromatic rings. The zero-order chi connectivity index (χ0) is 15.2. The molecule has 9 nitrogen and oxygen atoms in total. The maximum absolute atomic E-state index is 11.5. The molecule has 0 aromatic carbocycles. The van der Waals surface area contributed by atoms with Gasteiger partial charge < -0.3 is 20.2 Å². The number of carboxylic acid groups (broad SMARTS) is 3. The number of rotatable bonds is 8. The molecule has 0 aliphatic carbocycles. The topological polar surface area (TPSA) is 135 Å². The summed E-state index contributed by atoms with van der Waals surface area (Å²) in [5, 5.41) is 26.3. The summed E-state index contributed by atoms with van der Waals surface area (Å²) in [5.41, 5.74) is 0. The van der Waals surface area contributed by atoms with Gasteiger partial charge in [-0.15, -0.1) is 0 Å². The zero-order valence-corrected chi connectivity index (χ0v) is 10.6. The number of nitrogens with zero attached hydrogens (tertiary/aromatic N) is 2. The first-order valence-corrected chi connectivity index (χ1v) is 5.25. The Morgan fingerprint density at radius 3 is 1.63 bits per heavy atom. The lowest BCUT2D eigenvalue weighted by Crippen LogP contribution is -2.48. The fourth-order valence-corrected chi connectivity index (χ4v) is 1.34. The third-order valence-corrected chi connectivity index (χ3v) is 2.27. The predicted molar refractivity (Wildman–Crippen MR) is 61.6 cm³/mol. The molecule has 0 radical (unpaired) electrons. The van der Waals surface area contributed by atoms with E-state index in [1.165, 1.54) is 14.1 Å². The first kappa shape index (κ1) is 16.8. The van der Waals surface area contributed by atoms with E-state index in [0.29, 0.717) is 4.90 Å². The third-order valence-electron chi connectivity index (χ3n) is 2.27. The quantitative estimate of drug-likeness (QED) is 0.481. The molecule has 0 fully saturated rings. The molecular weight excluding hydrogens is 260 g/mol. The molecule has 9 heteroatoms. The average Bonchev–Trinajstić information content (AvgIpc) is 2.22. The molecule has 0 heterocycles. The van der Waals surface area contributed by atoms with Gasteiger partial charge in [0.1, 0.15) is 6.04 Å². The normalized spacial score (nSPS) is 11.9. The zero-order valence-electron chi connectivity index (χ0n) is 10.6. The highest BCUT2D eigenvalue weighted by atomic mass is 16.4. The van der Waals surface area contributed by atoms with Crippen molar-refractivity contribution in [3.05, 3.63) is 0 Å². The van der Waals surface area contributed by atoms with E-state index < -0.39 is 49.4 Å². The Bertz CT molecular complexity index is 364. The molecule has 0 saturated carbocycles. The number of aliphatic carboxylic acids is 3. The number of carbonyl (C=O) groups is 4. The van der Waals surface area contributed by atoms with Gasteiger partial charge in [0.25, 0.3) is 0 Å². The number of hydrogen-bond donors (Lipinski definition) is 3. The number of amides is 1. The fourth-order valence-electron chi connectivity index (χ4n) is 1.34. The maximum atomic E-state index is 11.5. The summed E-state index contributed by atoms with van der Waals surface area (Å²) in [6, 6.07) is -1.50. The van der Waals surface area contributed by atoms with Crippen molar-refractivity contribution in [3.8, 4) is 0 Å². The Labute approximate surface area is 109 Å². The van der Waals surface area contributed by atoms with Gasteiger partial charge in [-0.2, -0.15) is 0 Å². The molecule has 0 aliphatic heterocycles. The largest absolute Gasteiger partial charge is 0.480 e. The van der Waals surface area contributed by atoms with Crippen LogP contribution in [-0.2, 0) is 19.2 Å². The molecule has 108 valence electrons. The van der Waals surface area contributed by atoms with Crippen molar-refractivity contribution in [2.24, 2.45) is 0 Å². The summed E-state index contributed by atoms with van der Waals surface area (Å²) < 4.78 is 0. The van der Waals surface area contributed by atoms with Gasteiger partial charge in [-0.1, -0.05) is 0 Å². The second-order valence-corrected chi connectivity index (χ2v) is 4.04. The van der Waals surface area contributed by atoms with Crippen LogP contribution >= 0.6 is 0 Å². The summed E-state index contributed by atoms with van der Waals surface area (Å²) >= 11 is 0. The minimum atomic E-state index is -1.50. The summed E-state index contributed by atoms with van der Waals surface area (Å²) in [5.74, 6) is -4.72. The van der Waals surface area contributed by atoms with E-state index in [1.807, 2.05) is 0 Å². The highest BCUT2D eigenvalue weighted by molar-refractivity contribution is 5.85. The van der Waals surface area contributed by atoms with Gasteiger partial charge in [-0.25, -0.2) is 0 Å². The van der Waals surface area contributed by atoms with Crippen molar-refractivity contribution in [1.82, 2.24) is 9.80 Å². The minimum absolute atomic E-state index is 0.497. The molecular formula is C10H16N2O7. The van der Waals surface area contributed by atoms with Crippen LogP contribution in [-0.4, -0.2) is 82.2 Å². The van der Waals surface area contributed by atoms with E-state index in [9.17, 15) is 19.2 Å². The minimum Gasteiger partial charge on any atom is -0.480 e. The van der Waals surface area contributed by atoms with Gasteiger partial charge in [0.2, 0.25) is 5.91 Å². The fraction of sp³-hybridized carbons (Fsp3) is 0.600. The van der Waals surface area contributed by atoms with Crippen LogP contribution in [0.5, 0.6) is 0 Å². The molecule has 19 heavy (non-hydrogen) atoms. The van der Waals surface area contributed by atoms with Crippen LogP contribution in [0.3, 0.4) is 0 Å².